The largest absolute Gasteiger partial charge is 0.497 e. The van der Waals surface area contributed by atoms with Crippen LogP contribution in [0.15, 0.2) is 18.2 Å². The van der Waals surface area contributed by atoms with Gasteiger partial charge in [-0.1, -0.05) is 6.42 Å². The summed E-state index contributed by atoms with van der Waals surface area (Å²) >= 11 is 5.66. The van der Waals surface area contributed by atoms with E-state index in [0.717, 1.165) is 59.9 Å². The van der Waals surface area contributed by atoms with E-state index < -0.39 is 0 Å². The summed E-state index contributed by atoms with van der Waals surface area (Å²) in [4.78, 5) is 14.6. The van der Waals surface area contributed by atoms with E-state index in [0.29, 0.717) is 5.88 Å². The highest BCUT2D eigenvalue weighted by molar-refractivity contribution is 6.17. The van der Waals surface area contributed by atoms with Gasteiger partial charge in [0.15, 0.2) is 6.29 Å². The number of alkyl halides is 1. The Bertz CT molecular complexity index is 563. The third kappa shape index (κ3) is 3.10. The standard InChI is InChI=1S/C15H18ClNO2/c1-19-11-6-7-15-12(9-11)13(10-18)14(17-15)5-3-2-4-8-16/h6-7,9-10,17H,2-5,8H2,1H3. The summed E-state index contributed by atoms with van der Waals surface area (Å²) in [6.07, 6.45) is 4.95. The minimum absolute atomic E-state index is 0.699. The predicted octanol–water partition coefficient (Wildman–Crippen LogP) is 3.94. The number of ether oxygens (including phenoxy) is 1. The van der Waals surface area contributed by atoms with Gasteiger partial charge in [0.2, 0.25) is 0 Å². The van der Waals surface area contributed by atoms with Gasteiger partial charge in [0.25, 0.3) is 0 Å². The molecule has 0 unspecified atom stereocenters. The molecule has 0 aliphatic heterocycles. The second-order valence-electron chi connectivity index (χ2n) is 4.55. The van der Waals surface area contributed by atoms with Crippen LogP contribution in [-0.4, -0.2) is 24.3 Å². The van der Waals surface area contributed by atoms with Crippen LogP contribution in [0.25, 0.3) is 10.9 Å². The number of rotatable bonds is 7. The van der Waals surface area contributed by atoms with E-state index in [-0.39, 0.29) is 0 Å². The van der Waals surface area contributed by atoms with Gasteiger partial charge in [0.05, 0.1) is 7.11 Å². The van der Waals surface area contributed by atoms with E-state index in [1.165, 1.54) is 0 Å². The molecule has 102 valence electrons. The number of methoxy groups -OCH3 is 1. The minimum Gasteiger partial charge on any atom is -0.497 e. The average molecular weight is 280 g/mol. The van der Waals surface area contributed by atoms with E-state index in [1.54, 1.807) is 7.11 Å². The minimum atomic E-state index is 0.699. The Balaban J connectivity index is 2.25. The monoisotopic (exact) mass is 279 g/mol. The van der Waals surface area contributed by atoms with Gasteiger partial charge < -0.3 is 9.72 Å². The maximum atomic E-state index is 11.3. The number of aromatic amines is 1. The van der Waals surface area contributed by atoms with E-state index in [2.05, 4.69) is 4.98 Å². The number of aromatic nitrogens is 1. The van der Waals surface area contributed by atoms with Gasteiger partial charge in [0, 0.05) is 28.0 Å². The van der Waals surface area contributed by atoms with Crippen molar-refractivity contribution in [2.45, 2.75) is 25.7 Å². The van der Waals surface area contributed by atoms with Gasteiger partial charge in [-0.05, 0) is 37.5 Å². The Hall–Kier alpha value is -1.48. The molecule has 1 aromatic carbocycles. The molecular formula is C15H18ClNO2. The normalized spacial score (nSPS) is 10.8. The fourth-order valence-corrected chi connectivity index (χ4v) is 2.47. The number of fused-ring (bicyclic) bond motifs is 1. The molecule has 2 rings (SSSR count). The van der Waals surface area contributed by atoms with Crippen molar-refractivity contribution in [2.24, 2.45) is 0 Å². The summed E-state index contributed by atoms with van der Waals surface area (Å²) in [5.74, 6) is 1.47. The quantitative estimate of drug-likeness (QED) is 0.474. The molecule has 19 heavy (non-hydrogen) atoms. The number of halogens is 1. The van der Waals surface area contributed by atoms with Crippen LogP contribution < -0.4 is 4.74 Å². The Kier molecular flexibility index (Phi) is 4.86. The fourth-order valence-electron chi connectivity index (χ4n) is 2.28. The van der Waals surface area contributed by atoms with Gasteiger partial charge in [-0.2, -0.15) is 0 Å². The number of hydrogen-bond donors (Lipinski definition) is 1. The van der Waals surface area contributed by atoms with Crippen molar-refractivity contribution in [1.82, 2.24) is 4.98 Å². The number of aldehydes is 1. The van der Waals surface area contributed by atoms with Gasteiger partial charge in [-0.3, -0.25) is 4.79 Å². The molecule has 0 saturated carbocycles. The van der Waals surface area contributed by atoms with Crippen LogP contribution in [0.1, 0.15) is 35.3 Å². The zero-order valence-electron chi connectivity index (χ0n) is 11.0. The van der Waals surface area contributed by atoms with Crippen LogP contribution in [0.4, 0.5) is 0 Å². The van der Waals surface area contributed by atoms with E-state index in [9.17, 15) is 4.79 Å². The maximum Gasteiger partial charge on any atom is 0.152 e. The second kappa shape index (κ2) is 6.62. The first-order valence-electron chi connectivity index (χ1n) is 6.50. The number of carbonyl (C=O) groups is 1. The third-order valence-electron chi connectivity index (χ3n) is 3.31. The highest BCUT2D eigenvalue weighted by Gasteiger charge is 2.11. The molecule has 1 aromatic heterocycles. The van der Waals surface area contributed by atoms with Crippen molar-refractivity contribution in [1.29, 1.82) is 0 Å². The lowest BCUT2D eigenvalue weighted by Gasteiger charge is -1.99. The molecule has 0 bridgehead atoms. The molecule has 0 spiro atoms. The van der Waals surface area contributed by atoms with Crippen molar-refractivity contribution in [2.75, 3.05) is 13.0 Å². The molecule has 0 atom stereocenters. The molecule has 0 saturated heterocycles. The molecule has 0 radical (unpaired) electrons. The summed E-state index contributed by atoms with van der Waals surface area (Å²) in [7, 11) is 1.63. The lowest BCUT2D eigenvalue weighted by Crippen LogP contribution is -1.91. The molecule has 1 N–H and O–H groups in total. The van der Waals surface area contributed by atoms with Crippen LogP contribution in [0, 0.1) is 0 Å². The summed E-state index contributed by atoms with van der Waals surface area (Å²) in [5, 5.41) is 0.932. The summed E-state index contributed by atoms with van der Waals surface area (Å²) in [6.45, 7) is 0. The number of H-pyrrole nitrogens is 1. The lowest BCUT2D eigenvalue weighted by molar-refractivity contribution is 0.112. The van der Waals surface area contributed by atoms with E-state index >= 15 is 0 Å². The van der Waals surface area contributed by atoms with Crippen molar-refractivity contribution >= 4 is 28.8 Å². The van der Waals surface area contributed by atoms with Crippen LogP contribution in [0.2, 0.25) is 0 Å². The first kappa shape index (κ1) is 13.9. The number of unbranched alkanes of at least 4 members (excludes halogenated alkanes) is 2. The maximum absolute atomic E-state index is 11.3. The highest BCUT2D eigenvalue weighted by Crippen LogP contribution is 2.26. The molecule has 3 nitrogen and oxygen atoms in total. The van der Waals surface area contributed by atoms with Crippen LogP contribution >= 0.6 is 11.6 Å². The molecular weight excluding hydrogens is 262 g/mol. The first-order valence-corrected chi connectivity index (χ1v) is 7.03. The smallest absolute Gasteiger partial charge is 0.152 e. The number of carbonyl (C=O) groups excluding carboxylic acids is 1. The number of benzene rings is 1. The Labute approximate surface area is 117 Å². The van der Waals surface area contributed by atoms with Gasteiger partial charge in [-0.25, -0.2) is 0 Å². The first-order chi connectivity index (χ1) is 9.30. The molecule has 0 amide bonds. The highest BCUT2D eigenvalue weighted by atomic mass is 35.5. The number of aryl methyl sites for hydroxylation is 1. The fraction of sp³-hybridized carbons (Fsp3) is 0.400. The summed E-state index contributed by atoms with van der Waals surface area (Å²) in [6, 6.07) is 5.74. The van der Waals surface area contributed by atoms with Crippen molar-refractivity contribution in [3.05, 3.63) is 29.5 Å². The summed E-state index contributed by atoms with van der Waals surface area (Å²) < 4.78 is 5.20. The Morgan fingerprint density at radius 1 is 1.32 bits per heavy atom. The summed E-state index contributed by atoms with van der Waals surface area (Å²) in [5.41, 5.74) is 2.74. The van der Waals surface area contributed by atoms with Crippen molar-refractivity contribution in [3.8, 4) is 5.75 Å². The zero-order valence-corrected chi connectivity index (χ0v) is 11.8. The van der Waals surface area contributed by atoms with E-state index in [1.807, 2.05) is 18.2 Å². The second-order valence-corrected chi connectivity index (χ2v) is 4.92. The lowest BCUT2D eigenvalue weighted by atomic mass is 10.1. The van der Waals surface area contributed by atoms with Gasteiger partial charge >= 0.3 is 0 Å². The van der Waals surface area contributed by atoms with E-state index in [4.69, 9.17) is 16.3 Å². The van der Waals surface area contributed by atoms with Crippen LogP contribution in [0.5, 0.6) is 5.75 Å². The van der Waals surface area contributed by atoms with Crippen LogP contribution in [0.3, 0.4) is 0 Å². The number of nitrogens with one attached hydrogen (secondary N) is 1. The van der Waals surface area contributed by atoms with Gasteiger partial charge in [-0.15, -0.1) is 11.6 Å². The SMILES string of the molecule is COc1ccc2[nH]c(CCCCCCl)c(C=O)c2c1. The predicted molar refractivity (Wildman–Crippen MR) is 78.5 cm³/mol. The molecule has 1 heterocycles. The topological polar surface area (TPSA) is 42.1 Å². The number of hydrogen-bond acceptors (Lipinski definition) is 2. The third-order valence-corrected chi connectivity index (χ3v) is 3.57. The Morgan fingerprint density at radius 3 is 2.84 bits per heavy atom. The molecule has 0 aliphatic rings. The molecule has 4 heteroatoms. The van der Waals surface area contributed by atoms with Crippen molar-refractivity contribution < 1.29 is 9.53 Å². The molecule has 0 fully saturated rings. The molecule has 0 aliphatic carbocycles. The van der Waals surface area contributed by atoms with Crippen LogP contribution in [-0.2, 0) is 6.42 Å². The molecule has 2 aromatic rings. The zero-order chi connectivity index (χ0) is 13.7. The van der Waals surface area contributed by atoms with Crippen molar-refractivity contribution in [3.63, 3.8) is 0 Å². The van der Waals surface area contributed by atoms with Gasteiger partial charge in [0.1, 0.15) is 5.75 Å². The Morgan fingerprint density at radius 2 is 2.16 bits per heavy atom. The average Bonchev–Trinajstić information content (AvgIpc) is 2.79.